The maximum absolute atomic E-state index is 11.9. The van der Waals surface area contributed by atoms with Gasteiger partial charge < -0.3 is 10.6 Å². The molecule has 0 saturated carbocycles. The second kappa shape index (κ2) is 4.87. The van der Waals surface area contributed by atoms with E-state index in [2.05, 4.69) is 17.9 Å². The molecule has 0 spiro atoms. The van der Waals surface area contributed by atoms with Gasteiger partial charge in [-0.05, 0) is 11.1 Å². The van der Waals surface area contributed by atoms with Crippen LogP contribution < -0.4 is 10.6 Å². The molecule has 0 aliphatic carbocycles. The van der Waals surface area contributed by atoms with Crippen LogP contribution in [0.1, 0.15) is 23.9 Å². The van der Waals surface area contributed by atoms with Crippen molar-refractivity contribution in [2.24, 2.45) is 0 Å². The van der Waals surface area contributed by atoms with Crippen LogP contribution in [-0.4, -0.2) is 30.1 Å². The predicted molar refractivity (Wildman–Crippen MR) is 76.3 cm³/mol. The number of nitro groups is 1. The molecule has 7 nitrogen and oxygen atoms in total. The van der Waals surface area contributed by atoms with Crippen LogP contribution in [0.3, 0.4) is 0 Å². The summed E-state index contributed by atoms with van der Waals surface area (Å²) in [5.41, 5.74) is 1.74. The van der Waals surface area contributed by atoms with E-state index in [1.54, 1.807) is 0 Å². The lowest BCUT2D eigenvalue weighted by atomic mass is 9.90. The molecule has 2 atom stereocenters. The van der Waals surface area contributed by atoms with Crippen LogP contribution in [0.15, 0.2) is 12.1 Å². The van der Waals surface area contributed by atoms with Crippen molar-refractivity contribution in [3.63, 3.8) is 0 Å². The van der Waals surface area contributed by atoms with E-state index < -0.39 is 16.9 Å². The van der Waals surface area contributed by atoms with Crippen molar-refractivity contribution in [1.29, 1.82) is 0 Å². The molecule has 2 N–H and O–H groups in total. The second-order valence-electron chi connectivity index (χ2n) is 5.36. The summed E-state index contributed by atoms with van der Waals surface area (Å²) < 4.78 is 0. The van der Waals surface area contributed by atoms with E-state index in [0.717, 1.165) is 11.9 Å². The summed E-state index contributed by atoms with van der Waals surface area (Å²) in [6.45, 7) is 1.33. The minimum Gasteiger partial charge on any atom is -0.344 e. The zero-order valence-electron chi connectivity index (χ0n) is 11.4. The fraction of sp³-hybridized carbons (Fsp3) is 0.385. The fourth-order valence-corrected chi connectivity index (χ4v) is 2.60. The molecule has 3 rings (SSSR count). The van der Waals surface area contributed by atoms with Gasteiger partial charge in [0.1, 0.15) is 19.0 Å². The Bertz CT molecular complexity index is 657. The van der Waals surface area contributed by atoms with E-state index in [1.807, 2.05) is 6.07 Å². The SMILES string of the molecule is CC(=O)NC1Cc2cc(C3[B]C3)cc([N+](=O)[O-])c2NC1=O. The lowest BCUT2D eigenvalue weighted by Gasteiger charge is -2.25. The summed E-state index contributed by atoms with van der Waals surface area (Å²) >= 11 is 0. The van der Waals surface area contributed by atoms with E-state index in [-0.39, 0.29) is 29.5 Å². The summed E-state index contributed by atoms with van der Waals surface area (Å²) in [5, 5.41) is 16.3. The lowest BCUT2D eigenvalue weighted by molar-refractivity contribution is -0.384. The van der Waals surface area contributed by atoms with Crippen molar-refractivity contribution in [2.45, 2.75) is 31.5 Å². The number of carbonyl (C=O) groups is 2. The maximum Gasteiger partial charge on any atom is 0.293 e. The van der Waals surface area contributed by atoms with Gasteiger partial charge in [-0.3, -0.25) is 19.7 Å². The Balaban J connectivity index is 2.01. The number of anilines is 1. The van der Waals surface area contributed by atoms with Gasteiger partial charge in [0.15, 0.2) is 0 Å². The predicted octanol–water partition coefficient (Wildman–Crippen LogP) is 0.771. The number of hydrogen-bond donors (Lipinski definition) is 2. The highest BCUT2D eigenvalue weighted by atomic mass is 16.6. The Labute approximate surface area is 121 Å². The molecule has 2 aliphatic rings. The zero-order valence-corrected chi connectivity index (χ0v) is 11.4. The standard InChI is InChI=1S/C13H13BN3O4/c1-6(18)15-10-3-8-2-7(9-5-14-9)4-11(17(20)21)12(8)16-13(10)19/h2,4,9-10H,3,5H2,1H3,(H,15,18)(H,16,19). The highest BCUT2D eigenvalue weighted by Crippen LogP contribution is 2.40. The largest absolute Gasteiger partial charge is 0.344 e. The van der Waals surface area contributed by atoms with Crippen LogP contribution in [0.2, 0.25) is 6.32 Å². The monoisotopic (exact) mass is 286 g/mol. The molecular weight excluding hydrogens is 273 g/mol. The Hall–Kier alpha value is -2.38. The molecule has 2 heterocycles. The molecule has 21 heavy (non-hydrogen) atoms. The molecule has 1 aromatic rings. The van der Waals surface area contributed by atoms with Crippen molar-refractivity contribution in [3.8, 4) is 0 Å². The summed E-state index contributed by atoms with van der Waals surface area (Å²) in [5.74, 6) is -0.475. The van der Waals surface area contributed by atoms with Gasteiger partial charge >= 0.3 is 0 Å². The number of nitrogens with one attached hydrogen (secondary N) is 2. The van der Waals surface area contributed by atoms with Gasteiger partial charge in [0, 0.05) is 19.4 Å². The zero-order chi connectivity index (χ0) is 15.1. The Morgan fingerprint density at radius 3 is 2.81 bits per heavy atom. The summed E-state index contributed by atoms with van der Waals surface area (Å²) in [7, 11) is 2.07. The first-order chi connectivity index (χ1) is 9.95. The van der Waals surface area contributed by atoms with Gasteiger partial charge in [-0.25, -0.2) is 0 Å². The third kappa shape index (κ3) is 2.61. The van der Waals surface area contributed by atoms with Crippen molar-refractivity contribution in [2.75, 3.05) is 5.32 Å². The third-order valence-electron chi connectivity index (χ3n) is 3.68. The van der Waals surface area contributed by atoms with Gasteiger partial charge in [-0.2, -0.15) is 0 Å². The van der Waals surface area contributed by atoms with Gasteiger partial charge in [0.2, 0.25) is 11.8 Å². The molecule has 8 heteroatoms. The molecule has 1 aromatic carbocycles. The van der Waals surface area contributed by atoms with Crippen LogP contribution in [0.25, 0.3) is 0 Å². The number of nitrogens with zero attached hydrogens (tertiary/aromatic N) is 1. The highest BCUT2D eigenvalue weighted by Gasteiger charge is 2.34. The highest BCUT2D eigenvalue weighted by molar-refractivity contribution is 6.51. The first kappa shape index (κ1) is 13.6. The topological polar surface area (TPSA) is 101 Å². The second-order valence-corrected chi connectivity index (χ2v) is 5.36. The molecular formula is C13H13BN3O4. The Morgan fingerprint density at radius 2 is 2.24 bits per heavy atom. The average molecular weight is 286 g/mol. The number of fused-ring (bicyclic) bond motifs is 1. The molecule has 0 aromatic heterocycles. The number of carbonyl (C=O) groups excluding carboxylic acids is 2. The van der Waals surface area contributed by atoms with Gasteiger partial charge in [-0.1, -0.05) is 18.2 Å². The first-order valence-corrected chi connectivity index (χ1v) is 6.68. The molecule has 107 valence electrons. The summed E-state index contributed by atoms with van der Waals surface area (Å²) in [6, 6.07) is 2.71. The molecule has 1 saturated heterocycles. The number of amides is 2. The van der Waals surface area contributed by atoms with Crippen LogP contribution in [0.5, 0.6) is 0 Å². The van der Waals surface area contributed by atoms with E-state index in [1.165, 1.54) is 13.0 Å². The van der Waals surface area contributed by atoms with Gasteiger partial charge in [0.05, 0.1) is 4.92 Å². The maximum atomic E-state index is 11.9. The third-order valence-corrected chi connectivity index (χ3v) is 3.68. The first-order valence-electron chi connectivity index (χ1n) is 6.68. The Morgan fingerprint density at radius 1 is 1.52 bits per heavy atom. The normalized spacial score (nSPS) is 22.6. The van der Waals surface area contributed by atoms with Crippen LogP contribution >= 0.6 is 0 Å². The van der Waals surface area contributed by atoms with Crippen molar-refractivity contribution >= 4 is 30.5 Å². The van der Waals surface area contributed by atoms with Crippen LogP contribution in [0, 0.1) is 10.1 Å². The average Bonchev–Trinajstić information content (AvgIpc) is 3.22. The van der Waals surface area contributed by atoms with E-state index >= 15 is 0 Å². The number of rotatable bonds is 3. The van der Waals surface area contributed by atoms with E-state index in [9.17, 15) is 19.7 Å². The van der Waals surface area contributed by atoms with E-state index in [0.29, 0.717) is 5.56 Å². The molecule has 1 radical (unpaired) electrons. The molecule has 1 fully saturated rings. The number of nitro benzene ring substituents is 1. The van der Waals surface area contributed by atoms with Crippen molar-refractivity contribution in [1.82, 2.24) is 5.32 Å². The number of hydrogen-bond acceptors (Lipinski definition) is 4. The minimum atomic E-state index is -0.687. The Kier molecular flexibility index (Phi) is 3.15. The van der Waals surface area contributed by atoms with Crippen molar-refractivity contribution < 1.29 is 14.5 Å². The molecule has 2 unspecified atom stereocenters. The van der Waals surface area contributed by atoms with Crippen LogP contribution in [0.4, 0.5) is 11.4 Å². The number of benzene rings is 1. The van der Waals surface area contributed by atoms with Gasteiger partial charge in [0.25, 0.3) is 5.69 Å². The molecule has 2 aliphatic heterocycles. The quantitative estimate of drug-likeness (QED) is 0.486. The summed E-state index contributed by atoms with van der Waals surface area (Å²) in [4.78, 5) is 33.8. The minimum absolute atomic E-state index is 0.0857. The van der Waals surface area contributed by atoms with Crippen LogP contribution in [-0.2, 0) is 16.0 Å². The molecule has 0 bridgehead atoms. The molecule has 2 amide bonds. The fourth-order valence-electron chi connectivity index (χ4n) is 2.60. The lowest BCUT2D eigenvalue weighted by Crippen LogP contribution is -2.47. The van der Waals surface area contributed by atoms with Gasteiger partial charge in [-0.15, -0.1) is 0 Å². The summed E-state index contributed by atoms with van der Waals surface area (Å²) in [6.07, 6.45) is 1.18. The smallest absolute Gasteiger partial charge is 0.293 e. The van der Waals surface area contributed by atoms with Crippen molar-refractivity contribution in [3.05, 3.63) is 33.4 Å². The van der Waals surface area contributed by atoms with E-state index in [4.69, 9.17) is 0 Å².